The molecule has 1 fully saturated rings. The van der Waals surface area contributed by atoms with Gasteiger partial charge in [0.05, 0.1) is 10.6 Å². The van der Waals surface area contributed by atoms with Gasteiger partial charge >= 0.3 is 6.18 Å². The summed E-state index contributed by atoms with van der Waals surface area (Å²) in [6.45, 7) is 0.940. The van der Waals surface area contributed by atoms with E-state index in [0.29, 0.717) is 12.3 Å². The number of piperazine rings is 1. The highest BCUT2D eigenvalue weighted by molar-refractivity contribution is 6.33. The maximum atomic E-state index is 13.3. The van der Waals surface area contributed by atoms with Crippen LogP contribution in [-0.2, 0) is 6.18 Å². The molecule has 0 atom stereocenters. The summed E-state index contributed by atoms with van der Waals surface area (Å²) in [7, 11) is 0. The summed E-state index contributed by atoms with van der Waals surface area (Å²) in [4.78, 5) is 19.2. The van der Waals surface area contributed by atoms with E-state index in [4.69, 9.17) is 11.6 Å². The predicted molar refractivity (Wildman–Crippen MR) is 88.7 cm³/mol. The number of carbonyl (C=O) groups is 1. The van der Waals surface area contributed by atoms with Crippen LogP contribution in [0.4, 0.5) is 27.8 Å². The summed E-state index contributed by atoms with van der Waals surface area (Å²) in [5, 5.41) is -0.142. The number of nitrogens with zero attached hydrogens (tertiary/aromatic N) is 3. The summed E-state index contributed by atoms with van der Waals surface area (Å²) < 4.78 is 64.6. The maximum absolute atomic E-state index is 13.3. The molecular weight excluding hydrogens is 393 g/mol. The monoisotopic (exact) mass is 405 g/mol. The molecule has 10 heteroatoms. The summed E-state index contributed by atoms with van der Waals surface area (Å²) in [5.74, 6) is -2.04. The van der Waals surface area contributed by atoms with E-state index in [2.05, 4.69) is 4.98 Å². The lowest BCUT2D eigenvalue weighted by atomic mass is 10.1. The Hall–Kier alpha value is -2.42. The highest BCUT2D eigenvalue weighted by Crippen LogP contribution is 2.33. The number of amides is 1. The van der Waals surface area contributed by atoms with E-state index in [-0.39, 0.29) is 42.6 Å². The number of carbonyl (C=O) groups excluding carboxylic acids is 1. The first-order chi connectivity index (χ1) is 12.6. The van der Waals surface area contributed by atoms with E-state index in [9.17, 15) is 26.7 Å². The molecule has 0 spiro atoms. The molecule has 1 aromatic carbocycles. The standard InChI is InChI=1S/C17H13ClF5N3O/c18-14-7-11(17(21,22)23)9-24-15(14)25-1-3-26(4-2-25)16(27)10-5-12(19)8-13(20)6-10/h5-9H,1-4H2. The molecule has 27 heavy (non-hydrogen) atoms. The minimum Gasteiger partial charge on any atom is -0.352 e. The zero-order valence-corrected chi connectivity index (χ0v) is 14.5. The van der Waals surface area contributed by atoms with Gasteiger partial charge in [0.15, 0.2) is 0 Å². The molecule has 0 unspecified atom stereocenters. The predicted octanol–water partition coefficient (Wildman–Crippen LogP) is 3.99. The van der Waals surface area contributed by atoms with Crippen molar-refractivity contribution in [2.75, 3.05) is 31.1 Å². The van der Waals surface area contributed by atoms with Gasteiger partial charge in [0.2, 0.25) is 0 Å². The van der Waals surface area contributed by atoms with Crippen LogP contribution in [0.5, 0.6) is 0 Å². The van der Waals surface area contributed by atoms with Crippen molar-refractivity contribution in [3.05, 3.63) is 58.2 Å². The molecule has 3 rings (SSSR count). The Bertz CT molecular complexity index is 846. The number of alkyl halides is 3. The first-order valence-corrected chi connectivity index (χ1v) is 8.26. The normalized spacial score (nSPS) is 15.2. The van der Waals surface area contributed by atoms with Crippen LogP contribution < -0.4 is 4.90 Å². The van der Waals surface area contributed by atoms with Gasteiger partial charge in [0.25, 0.3) is 5.91 Å². The number of hydrogen-bond acceptors (Lipinski definition) is 3. The van der Waals surface area contributed by atoms with Crippen LogP contribution in [0.2, 0.25) is 5.02 Å². The molecule has 2 heterocycles. The largest absolute Gasteiger partial charge is 0.417 e. The van der Waals surface area contributed by atoms with Gasteiger partial charge in [-0.15, -0.1) is 0 Å². The van der Waals surface area contributed by atoms with Crippen molar-refractivity contribution in [2.24, 2.45) is 0 Å². The van der Waals surface area contributed by atoms with Gasteiger partial charge in [0.1, 0.15) is 17.5 Å². The fourth-order valence-corrected chi connectivity index (χ4v) is 3.09. The van der Waals surface area contributed by atoms with Gasteiger partial charge in [0, 0.05) is 44.0 Å². The van der Waals surface area contributed by atoms with Gasteiger partial charge in [-0.25, -0.2) is 13.8 Å². The van der Waals surface area contributed by atoms with E-state index in [1.54, 1.807) is 4.90 Å². The fraction of sp³-hybridized carbons (Fsp3) is 0.294. The molecule has 1 saturated heterocycles. The quantitative estimate of drug-likeness (QED) is 0.709. The Labute approximate surface area is 156 Å². The van der Waals surface area contributed by atoms with Crippen molar-refractivity contribution in [1.29, 1.82) is 0 Å². The molecule has 1 amide bonds. The Balaban J connectivity index is 1.69. The van der Waals surface area contributed by atoms with E-state index in [0.717, 1.165) is 18.2 Å². The van der Waals surface area contributed by atoms with Crippen molar-refractivity contribution >= 4 is 23.3 Å². The summed E-state index contributed by atoms with van der Waals surface area (Å²) >= 11 is 5.93. The highest BCUT2D eigenvalue weighted by Gasteiger charge is 2.32. The second kappa shape index (κ2) is 7.30. The average molecular weight is 406 g/mol. The molecule has 0 radical (unpaired) electrons. The third kappa shape index (κ3) is 4.29. The first kappa shape index (κ1) is 19.3. The van der Waals surface area contributed by atoms with Gasteiger partial charge in [-0.1, -0.05) is 11.6 Å². The smallest absolute Gasteiger partial charge is 0.352 e. The Morgan fingerprint density at radius 3 is 2.11 bits per heavy atom. The maximum Gasteiger partial charge on any atom is 0.417 e. The number of rotatable bonds is 2. The van der Waals surface area contributed by atoms with Crippen molar-refractivity contribution in [1.82, 2.24) is 9.88 Å². The van der Waals surface area contributed by atoms with Crippen LogP contribution >= 0.6 is 11.6 Å². The summed E-state index contributed by atoms with van der Waals surface area (Å²) in [6, 6.07) is 3.38. The fourth-order valence-electron chi connectivity index (χ4n) is 2.80. The van der Waals surface area contributed by atoms with E-state index < -0.39 is 29.3 Å². The third-order valence-corrected chi connectivity index (χ3v) is 4.40. The molecule has 0 saturated carbocycles. The van der Waals surface area contributed by atoms with Crippen LogP contribution in [0.3, 0.4) is 0 Å². The van der Waals surface area contributed by atoms with Crippen LogP contribution in [0.15, 0.2) is 30.5 Å². The lowest BCUT2D eigenvalue weighted by Crippen LogP contribution is -2.49. The molecule has 4 nitrogen and oxygen atoms in total. The van der Waals surface area contributed by atoms with E-state index >= 15 is 0 Å². The second-order valence-electron chi connectivity index (χ2n) is 5.96. The van der Waals surface area contributed by atoms with E-state index in [1.165, 1.54) is 4.90 Å². The van der Waals surface area contributed by atoms with Gasteiger partial charge in [-0.3, -0.25) is 4.79 Å². The highest BCUT2D eigenvalue weighted by atomic mass is 35.5. The number of aromatic nitrogens is 1. The summed E-state index contributed by atoms with van der Waals surface area (Å²) in [5.41, 5.74) is -1.05. The Morgan fingerprint density at radius 1 is 1.00 bits per heavy atom. The number of halogens is 6. The van der Waals surface area contributed by atoms with Crippen molar-refractivity contribution in [3.63, 3.8) is 0 Å². The molecule has 1 aliphatic rings. The van der Waals surface area contributed by atoms with Crippen molar-refractivity contribution in [2.45, 2.75) is 6.18 Å². The van der Waals surface area contributed by atoms with Crippen molar-refractivity contribution < 1.29 is 26.7 Å². The number of pyridine rings is 1. The topological polar surface area (TPSA) is 36.4 Å². The Morgan fingerprint density at radius 2 is 1.59 bits per heavy atom. The lowest BCUT2D eigenvalue weighted by Gasteiger charge is -2.35. The average Bonchev–Trinajstić information content (AvgIpc) is 2.59. The molecule has 144 valence electrons. The number of benzene rings is 1. The molecule has 0 aliphatic carbocycles. The molecular formula is C17H13ClF5N3O. The number of hydrogen-bond donors (Lipinski definition) is 0. The third-order valence-electron chi connectivity index (χ3n) is 4.13. The van der Waals surface area contributed by atoms with Gasteiger partial charge in [-0.05, 0) is 18.2 Å². The molecule has 1 aliphatic heterocycles. The van der Waals surface area contributed by atoms with Gasteiger partial charge < -0.3 is 9.80 Å². The Kier molecular flexibility index (Phi) is 5.23. The molecule has 2 aromatic rings. The molecule has 0 bridgehead atoms. The zero-order valence-electron chi connectivity index (χ0n) is 13.7. The minimum absolute atomic E-state index is 0.105. The van der Waals surface area contributed by atoms with E-state index in [1.807, 2.05) is 0 Å². The SMILES string of the molecule is O=C(c1cc(F)cc(F)c1)N1CCN(c2ncc(C(F)(F)F)cc2Cl)CC1. The van der Waals surface area contributed by atoms with Crippen LogP contribution in [0.1, 0.15) is 15.9 Å². The summed E-state index contributed by atoms with van der Waals surface area (Å²) in [6.07, 6.45) is -3.84. The number of anilines is 1. The van der Waals surface area contributed by atoms with Crippen molar-refractivity contribution in [3.8, 4) is 0 Å². The first-order valence-electron chi connectivity index (χ1n) is 7.88. The van der Waals surface area contributed by atoms with Crippen LogP contribution in [-0.4, -0.2) is 42.0 Å². The second-order valence-corrected chi connectivity index (χ2v) is 6.37. The minimum atomic E-state index is -4.54. The van der Waals surface area contributed by atoms with Crippen LogP contribution in [0, 0.1) is 11.6 Å². The van der Waals surface area contributed by atoms with Gasteiger partial charge in [-0.2, -0.15) is 13.2 Å². The zero-order chi connectivity index (χ0) is 19.8. The molecule has 1 aromatic heterocycles. The lowest BCUT2D eigenvalue weighted by molar-refractivity contribution is -0.137. The molecule has 0 N–H and O–H groups in total. The van der Waals surface area contributed by atoms with Crippen LogP contribution in [0.25, 0.3) is 0 Å².